The van der Waals surface area contributed by atoms with Crippen LogP contribution in [0.3, 0.4) is 0 Å². The molecular formula is C18H17ClN4O3. The Labute approximate surface area is 154 Å². The Bertz CT molecular complexity index is 966. The molecule has 0 bridgehead atoms. The fourth-order valence-electron chi connectivity index (χ4n) is 3.07. The van der Waals surface area contributed by atoms with Crippen molar-refractivity contribution < 1.29 is 14.3 Å². The van der Waals surface area contributed by atoms with Crippen molar-refractivity contribution in [3.05, 3.63) is 41.0 Å². The number of carbonyl (C=O) groups is 1. The van der Waals surface area contributed by atoms with Crippen LogP contribution in [0.15, 0.2) is 30.5 Å². The Kier molecular flexibility index (Phi) is 4.48. The van der Waals surface area contributed by atoms with Crippen LogP contribution in [0, 0.1) is 0 Å². The highest BCUT2D eigenvalue weighted by Gasteiger charge is 2.22. The number of morpholine rings is 1. The summed E-state index contributed by atoms with van der Waals surface area (Å²) in [5, 5.41) is 8.50. The van der Waals surface area contributed by atoms with Crippen LogP contribution in [0.2, 0.25) is 5.02 Å². The summed E-state index contributed by atoms with van der Waals surface area (Å²) in [6.45, 7) is 2.24. The Morgan fingerprint density at radius 2 is 2.12 bits per heavy atom. The molecular weight excluding hydrogens is 356 g/mol. The zero-order chi connectivity index (χ0) is 18.1. The number of halogens is 1. The van der Waals surface area contributed by atoms with Crippen molar-refractivity contribution >= 4 is 28.4 Å². The van der Waals surface area contributed by atoms with E-state index in [1.807, 2.05) is 12.1 Å². The smallest absolute Gasteiger partial charge is 0.255 e. The Balaban J connectivity index is 1.71. The fraction of sp³-hybridized carbons (Fsp3) is 0.278. The van der Waals surface area contributed by atoms with Gasteiger partial charge in [0.25, 0.3) is 5.91 Å². The van der Waals surface area contributed by atoms with E-state index in [-0.39, 0.29) is 5.91 Å². The maximum absolute atomic E-state index is 12.7. The monoisotopic (exact) mass is 372 g/mol. The van der Waals surface area contributed by atoms with Crippen molar-refractivity contribution in [2.45, 2.75) is 0 Å². The van der Waals surface area contributed by atoms with Crippen LogP contribution < -0.4 is 4.74 Å². The highest BCUT2D eigenvalue weighted by atomic mass is 35.5. The average Bonchev–Trinajstić information content (AvgIpc) is 3.12. The number of hydrogen-bond donors (Lipinski definition) is 1. The van der Waals surface area contributed by atoms with Gasteiger partial charge in [-0.3, -0.25) is 9.89 Å². The zero-order valence-corrected chi connectivity index (χ0v) is 14.9. The number of rotatable bonds is 3. The van der Waals surface area contributed by atoms with Gasteiger partial charge in [0.1, 0.15) is 5.69 Å². The molecule has 26 heavy (non-hydrogen) atoms. The lowest BCUT2D eigenvalue weighted by Gasteiger charge is -2.27. The standard InChI is InChI=1S/C18H17ClN4O3/c1-25-17-15-14(4-5-20-17)21-22-16(15)11-2-3-12(13(19)10-11)18(24)23-6-8-26-9-7-23/h2-5,10H,6-9H2,1H3,(H,21,22). The first-order chi connectivity index (χ1) is 12.7. The zero-order valence-electron chi connectivity index (χ0n) is 14.2. The van der Waals surface area contributed by atoms with Gasteiger partial charge in [-0.15, -0.1) is 0 Å². The largest absolute Gasteiger partial charge is 0.480 e. The van der Waals surface area contributed by atoms with Gasteiger partial charge in [-0.2, -0.15) is 5.10 Å². The van der Waals surface area contributed by atoms with Crippen LogP contribution in [0.4, 0.5) is 0 Å². The normalized spacial score (nSPS) is 14.6. The van der Waals surface area contributed by atoms with E-state index in [2.05, 4.69) is 15.2 Å². The van der Waals surface area contributed by atoms with Crippen molar-refractivity contribution in [2.24, 2.45) is 0 Å². The number of ether oxygens (including phenoxy) is 2. The van der Waals surface area contributed by atoms with Crippen LogP contribution in [0.1, 0.15) is 10.4 Å². The molecule has 3 heterocycles. The van der Waals surface area contributed by atoms with Crippen molar-refractivity contribution in [3.63, 3.8) is 0 Å². The maximum atomic E-state index is 12.7. The molecule has 1 saturated heterocycles. The summed E-state index contributed by atoms with van der Waals surface area (Å²) in [4.78, 5) is 18.6. The number of aromatic amines is 1. The molecule has 1 aliphatic rings. The summed E-state index contributed by atoms with van der Waals surface area (Å²) in [5.74, 6) is 0.395. The number of amides is 1. The topological polar surface area (TPSA) is 80.3 Å². The van der Waals surface area contributed by atoms with E-state index >= 15 is 0 Å². The second-order valence-corrected chi connectivity index (χ2v) is 6.32. The summed E-state index contributed by atoms with van der Waals surface area (Å²) >= 11 is 6.42. The molecule has 0 aliphatic carbocycles. The van der Waals surface area contributed by atoms with Gasteiger partial charge >= 0.3 is 0 Å². The lowest BCUT2D eigenvalue weighted by atomic mass is 10.1. The summed E-state index contributed by atoms with van der Waals surface area (Å²) in [5.41, 5.74) is 2.75. The quantitative estimate of drug-likeness (QED) is 0.764. The fourth-order valence-corrected chi connectivity index (χ4v) is 3.33. The molecule has 3 aromatic rings. The second kappa shape index (κ2) is 6.93. The van der Waals surface area contributed by atoms with Crippen molar-refractivity contribution in [2.75, 3.05) is 33.4 Å². The van der Waals surface area contributed by atoms with Gasteiger partial charge in [-0.1, -0.05) is 17.7 Å². The molecule has 1 aliphatic heterocycles. The lowest BCUT2D eigenvalue weighted by Crippen LogP contribution is -2.40. The SMILES string of the molecule is COc1nccc2[nH]nc(-c3ccc(C(=O)N4CCOCC4)c(Cl)c3)c12. The van der Waals surface area contributed by atoms with E-state index in [4.69, 9.17) is 21.1 Å². The van der Waals surface area contributed by atoms with E-state index in [0.717, 1.165) is 16.5 Å². The van der Waals surface area contributed by atoms with Crippen molar-refractivity contribution in [1.82, 2.24) is 20.1 Å². The second-order valence-electron chi connectivity index (χ2n) is 5.91. The van der Waals surface area contributed by atoms with Gasteiger partial charge in [0.05, 0.1) is 41.8 Å². The molecule has 0 spiro atoms. The van der Waals surface area contributed by atoms with Gasteiger partial charge in [-0.25, -0.2) is 4.98 Å². The number of H-pyrrole nitrogens is 1. The van der Waals surface area contributed by atoms with Gasteiger partial charge in [0, 0.05) is 24.8 Å². The number of carbonyl (C=O) groups excluding carboxylic acids is 1. The first-order valence-electron chi connectivity index (χ1n) is 8.23. The predicted octanol–water partition coefficient (Wildman–Crippen LogP) is 2.76. The van der Waals surface area contributed by atoms with Crippen molar-refractivity contribution in [3.8, 4) is 17.1 Å². The minimum atomic E-state index is -0.0871. The highest BCUT2D eigenvalue weighted by Crippen LogP contribution is 2.34. The first-order valence-corrected chi connectivity index (χ1v) is 8.61. The molecule has 1 aromatic carbocycles. The summed E-state index contributed by atoms with van der Waals surface area (Å²) < 4.78 is 10.6. The predicted molar refractivity (Wildman–Crippen MR) is 97.6 cm³/mol. The van der Waals surface area contributed by atoms with Crippen LogP contribution in [-0.2, 0) is 4.74 Å². The summed E-state index contributed by atoms with van der Waals surface area (Å²) in [6, 6.07) is 7.14. The van der Waals surface area contributed by atoms with E-state index in [0.29, 0.717) is 48.5 Å². The van der Waals surface area contributed by atoms with Crippen LogP contribution in [0.5, 0.6) is 5.88 Å². The van der Waals surface area contributed by atoms with E-state index in [9.17, 15) is 4.79 Å². The number of pyridine rings is 1. The van der Waals surface area contributed by atoms with Gasteiger partial charge in [0.2, 0.25) is 5.88 Å². The van der Waals surface area contributed by atoms with Gasteiger partial charge in [0.15, 0.2) is 0 Å². The van der Waals surface area contributed by atoms with E-state index in [1.165, 1.54) is 0 Å². The molecule has 0 atom stereocenters. The number of nitrogens with one attached hydrogen (secondary N) is 1. The molecule has 1 N–H and O–H groups in total. The third kappa shape index (κ3) is 2.89. The Morgan fingerprint density at radius 1 is 1.31 bits per heavy atom. The molecule has 134 valence electrons. The maximum Gasteiger partial charge on any atom is 0.255 e. The summed E-state index contributed by atoms with van der Waals surface area (Å²) in [7, 11) is 1.57. The minimum absolute atomic E-state index is 0.0871. The average molecular weight is 373 g/mol. The molecule has 0 radical (unpaired) electrons. The van der Waals surface area contributed by atoms with Gasteiger partial charge < -0.3 is 14.4 Å². The first kappa shape index (κ1) is 16.8. The number of aromatic nitrogens is 3. The van der Waals surface area contributed by atoms with Crippen molar-refractivity contribution in [1.29, 1.82) is 0 Å². The number of hydrogen-bond acceptors (Lipinski definition) is 5. The molecule has 7 nitrogen and oxygen atoms in total. The third-order valence-electron chi connectivity index (χ3n) is 4.41. The van der Waals surface area contributed by atoms with E-state index in [1.54, 1.807) is 30.3 Å². The number of methoxy groups -OCH3 is 1. The summed E-state index contributed by atoms with van der Waals surface area (Å²) in [6.07, 6.45) is 1.65. The number of benzene rings is 1. The van der Waals surface area contributed by atoms with E-state index < -0.39 is 0 Å². The molecule has 4 rings (SSSR count). The molecule has 1 fully saturated rings. The number of fused-ring (bicyclic) bond motifs is 1. The Morgan fingerprint density at radius 3 is 2.85 bits per heavy atom. The number of nitrogens with zero attached hydrogens (tertiary/aromatic N) is 3. The molecule has 8 heteroatoms. The van der Waals surface area contributed by atoms with Gasteiger partial charge in [-0.05, 0) is 18.2 Å². The Hall–Kier alpha value is -2.64. The molecule has 0 saturated carbocycles. The third-order valence-corrected chi connectivity index (χ3v) is 4.72. The molecule has 0 unspecified atom stereocenters. The van der Waals surface area contributed by atoms with Crippen LogP contribution in [0.25, 0.3) is 22.2 Å². The van der Waals surface area contributed by atoms with Crippen LogP contribution in [-0.4, -0.2) is 59.4 Å². The molecule has 1 amide bonds. The molecule has 2 aromatic heterocycles. The lowest BCUT2D eigenvalue weighted by molar-refractivity contribution is 0.0303. The highest BCUT2D eigenvalue weighted by molar-refractivity contribution is 6.34. The minimum Gasteiger partial charge on any atom is -0.480 e. The van der Waals surface area contributed by atoms with Crippen LogP contribution >= 0.6 is 11.6 Å².